The van der Waals surface area contributed by atoms with Crippen LogP contribution in [0.2, 0.25) is 0 Å². The number of benzene rings is 3. The lowest BCUT2D eigenvalue weighted by Crippen LogP contribution is -2.30. The Balaban J connectivity index is 1.33. The van der Waals surface area contributed by atoms with Crippen molar-refractivity contribution in [2.24, 2.45) is 0 Å². The summed E-state index contributed by atoms with van der Waals surface area (Å²) in [6.07, 6.45) is 1.95. The first-order valence-electron chi connectivity index (χ1n) is 12.8. The van der Waals surface area contributed by atoms with Crippen molar-refractivity contribution in [2.75, 3.05) is 19.0 Å². The van der Waals surface area contributed by atoms with Gasteiger partial charge in [-0.3, -0.25) is 4.79 Å². The van der Waals surface area contributed by atoms with Gasteiger partial charge in [0, 0.05) is 29.3 Å². The van der Waals surface area contributed by atoms with Crippen LogP contribution in [0.5, 0.6) is 17.2 Å². The van der Waals surface area contributed by atoms with Crippen LogP contribution < -0.4 is 20.1 Å². The number of nitrogens with zero attached hydrogens (tertiary/aromatic N) is 2. The van der Waals surface area contributed by atoms with E-state index in [4.69, 9.17) is 9.47 Å². The standard InChI is InChI=1S/C30H30N4O5/c1-3-39-24-13-8-21(9-14-24)29(36)32-22-10-15-28(35)25(16-22)26-17-27(20-6-7-20)34(33-26)30(37)31-18-19-4-11-23(38-2)12-5-19/h4-5,8-17,20,35H,3,6-7,18H2,1-2H3,(H,31,37)(H,32,36). The number of anilines is 1. The highest BCUT2D eigenvalue weighted by Crippen LogP contribution is 2.42. The second-order valence-corrected chi connectivity index (χ2v) is 9.29. The van der Waals surface area contributed by atoms with Crippen LogP contribution in [0.1, 0.15) is 47.3 Å². The van der Waals surface area contributed by atoms with Gasteiger partial charge < -0.3 is 25.2 Å². The Hall–Kier alpha value is -4.79. The van der Waals surface area contributed by atoms with E-state index in [0.29, 0.717) is 41.4 Å². The number of hydrogen-bond donors (Lipinski definition) is 3. The number of hydrogen-bond acceptors (Lipinski definition) is 6. The second-order valence-electron chi connectivity index (χ2n) is 9.29. The number of methoxy groups -OCH3 is 1. The first-order valence-corrected chi connectivity index (χ1v) is 12.8. The molecule has 0 spiro atoms. The molecule has 0 bridgehead atoms. The number of rotatable bonds is 9. The van der Waals surface area contributed by atoms with Gasteiger partial charge in [-0.05, 0) is 86.0 Å². The van der Waals surface area contributed by atoms with Crippen LogP contribution in [0.15, 0.2) is 72.8 Å². The van der Waals surface area contributed by atoms with E-state index in [9.17, 15) is 14.7 Å². The number of aromatic nitrogens is 2. The predicted octanol–water partition coefficient (Wildman–Crippen LogP) is 5.55. The molecule has 39 heavy (non-hydrogen) atoms. The molecule has 0 atom stereocenters. The Morgan fingerprint density at radius 3 is 2.38 bits per heavy atom. The van der Waals surface area contributed by atoms with Crippen molar-refractivity contribution in [3.63, 3.8) is 0 Å². The molecule has 200 valence electrons. The maximum Gasteiger partial charge on any atom is 0.342 e. The normalized spacial score (nSPS) is 12.6. The number of phenolic OH excluding ortho intramolecular Hbond substituents is 1. The third kappa shape index (κ3) is 6.04. The van der Waals surface area contributed by atoms with E-state index in [1.807, 2.05) is 37.3 Å². The Morgan fingerprint density at radius 1 is 1.00 bits per heavy atom. The molecule has 9 heteroatoms. The zero-order chi connectivity index (χ0) is 27.4. The van der Waals surface area contributed by atoms with Crippen molar-refractivity contribution < 1.29 is 24.2 Å². The highest BCUT2D eigenvalue weighted by molar-refractivity contribution is 6.04. The second kappa shape index (κ2) is 11.3. The van der Waals surface area contributed by atoms with Gasteiger partial charge in [-0.25, -0.2) is 4.79 Å². The van der Waals surface area contributed by atoms with Gasteiger partial charge in [0.15, 0.2) is 0 Å². The van der Waals surface area contributed by atoms with Crippen molar-refractivity contribution in [1.29, 1.82) is 0 Å². The van der Waals surface area contributed by atoms with Crippen molar-refractivity contribution >= 4 is 17.6 Å². The molecule has 0 unspecified atom stereocenters. The van der Waals surface area contributed by atoms with Gasteiger partial charge in [-0.15, -0.1) is 0 Å². The van der Waals surface area contributed by atoms with Gasteiger partial charge in [0.1, 0.15) is 17.2 Å². The maximum absolute atomic E-state index is 13.1. The zero-order valence-electron chi connectivity index (χ0n) is 21.8. The third-order valence-electron chi connectivity index (χ3n) is 6.49. The molecule has 2 amide bonds. The van der Waals surface area contributed by atoms with Crippen LogP contribution in [0.25, 0.3) is 11.3 Å². The first-order chi connectivity index (χ1) is 18.9. The summed E-state index contributed by atoms with van der Waals surface area (Å²) in [4.78, 5) is 25.9. The van der Waals surface area contributed by atoms with Gasteiger partial charge in [0.2, 0.25) is 0 Å². The summed E-state index contributed by atoms with van der Waals surface area (Å²) in [5.74, 6) is 1.38. The molecule has 4 aromatic rings. The van der Waals surface area contributed by atoms with Crippen LogP contribution in [0.3, 0.4) is 0 Å². The molecule has 3 aromatic carbocycles. The fourth-order valence-electron chi connectivity index (χ4n) is 4.25. The lowest BCUT2D eigenvalue weighted by molar-refractivity contribution is 0.102. The summed E-state index contributed by atoms with van der Waals surface area (Å²) in [5.41, 5.74) is 3.56. The monoisotopic (exact) mass is 526 g/mol. The largest absolute Gasteiger partial charge is 0.507 e. The van der Waals surface area contributed by atoms with Gasteiger partial charge in [-0.1, -0.05) is 12.1 Å². The molecule has 9 nitrogen and oxygen atoms in total. The minimum Gasteiger partial charge on any atom is -0.507 e. The molecule has 0 radical (unpaired) electrons. The topological polar surface area (TPSA) is 115 Å². The van der Waals surface area contributed by atoms with Crippen molar-refractivity contribution in [2.45, 2.75) is 32.2 Å². The van der Waals surface area contributed by atoms with Crippen LogP contribution in [-0.2, 0) is 6.54 Å². The van der Waals surface area contributed by atoms with Crippen molar-refractivity contribution in [1.82, 2.24) is 15.1 Å². The lowest BCUT2D eigenvalue weighted by atomic mass is 10.1. The molecular weight excluding hydrogens is 496 g/mol. The van der Waals surface area contributed by atoms with E-state index in [1.165, 1.54) is 10.7 Å². The van der Waals surface area contributed by atoms with Crippen LogP contribution in [0, 0.1) is 0 Å². The maximum atomic E-state index is 13.1. The molecule has 1 saturated carbocycles. The summed E-state index contributed by atoms with van der Waals surface area (Å²) in [6.45, 7) is 2.78. The first kappa shape index (κ1) is 25.8. The molecule has 1 aliphatic carbocycles. The smallest absolute Gasteiger partial charge is 0.342 e. The van der Waals surface area contributed by atoms with Gasteiger partial charge in [0.05, 0.1) is 25.1 Å². The lowest BCUT2D eigenvalue weighted by Gasteiger charge is -2.09. The number of phenols is 1. The number of ether oxygens (including phenoxy) is 2. The van der Waals surface area contributed by atoms with Crippen LogP contribution in [-0.4, -0.2) is 40.5 Å². The Morgan fingerprint density at radius 2 is 1.72 bits per heavy atom. The number of aromatic hydroxyl groups is 1. The highest BCUT2D eigenvalue weighted by Gasteiger charge is 2.31. The summed E-state index contributed by atoms with van der Waals surface area (Å²) < 4.78 is 12.0. The Kier molecular flexibility index (Phi) is 7.49. The summed E-state index contributed by atoms with van der Waals surface area (Å²) in [5, 5.41) is 20.9. The molecular formula is C30H30N4O5. The predicted molar refractivity (Wildman–Crippen MR) is 147 cm³/mol. The molecule has 1 aliphatic rings. The Bertz CT molecular complexity index is 1470. The average Bonchev–Trinajstić information content (AvgIpc) is 3.71. The van der Waals surface area contributed by atoms with E-state index in [0.717, 1.165) is 29.8 Å². The van der Waals surface area contributed by atoms with Gasteiger partial charge in [-0.2, -0.15) is 9.78 Å². The molecule has 1 aromatic heterocycles. The molecule has 5 rings (SSSR count). The van der Waals surface area contributed by atoms with Crippen LogP contribution in [0.4, 0.5) is 10.5 Å². The number of carbonyl (C=O) groups is 2. The van der Waals surface area contributed by atoms with E-state index in [1.54, 1.807) is 43.5 Å². The fraction of sp³-hybridized carbons (Fsp3) is 0.233. The van der Waals surface area contributed by atoms with Crippen molar-refractivity contribution in [3.05, 3.63) is 89.6 Å². The number of carbonyl (C=O) groups excluding carboxylic acids is 2. The third-order valence-corrected chi connectivity index (χ3v) is 6.49. The highest BCUT2D eigenvalue weighted by atomic mass is 16.5. The average molecular weight is 527 g/mol. The summed E-state index contributed by atoms with van der Waals surface area (Å²) in [7, 11) is 1.61. The minimum absolute atomic E-state index is 0.000274. The Labute approximate surface area is 226 Å². The molecule has 0 saturated heterocycles. The molecule has 1 fully saturated rings. The molecule has 3 N–H and O–H groups in total. The fourth-order valence-corrected chi connectivity index (χ4v) is 4.25. The van der Waals surface area contributed by atoms with E-state index < -0.39 is 0 Å². The minimum atomic E-state index is -0.349. The van der Waals surface area contributed by atoms with E-state index in [2.05, 4.69) is 15.7 Å². The van der Waals surface area contributed by atoms with Crippen LogP contribution >= 0.6 is 0 Å². The quantitative estimate of drug-likeness (QED) is 0.246. The van der Waals surface area contributed by atoms with E-state index in [-0.39, 0.29) is 23.6 Å². The number of amides is 2. The van der Waals surface area contributed by atoms with Gasteiger partial charge in [0.25, 0.3) is 5.91 Å². The zero-order valence-corrected chi connectivity index (χ0v) is 21.8. The van der Waals surface area contributed by atoms with Crippen molar-refractivity contribution in [3.8, 4) is 28.5 Å². The molecule has 1 heterocycles. The number of nitrogens with one attached hydrogen (secondary N) is 2. The SMILES string of the molecule is CCOc1ccc(C(=O)Nc2ccc(O)c(-c3cc(C4CC4)n(C(=O)NCc4ccc(OC)cc4)n3)c2)cc1. The van der Waals surface area contributed by atoms with E-state index >= 15 is 0 Å². The molecule has 0 aliphatic heterocycles. The summed E-state index contributed by atoms with van der Waals surface area (Å²) in [6, 6.07) is 20.6. The summed E-state index contributed by atoms with van der Waals surface area (Å²) >= 11 is 0. The van der Waals surface area contributed by atoms with Gasteiger partial charge >= 0.3 is 6.03 Å².